The van der Waals surface area contributed by atoms with Crippen LogP contribution >= 0.6 is 0 Å². The molecule has 0 fully saturated rings. The van der Waals surface area contributed by atoms with Gasteiger partial charge >= 0.3 is 2.85 Å². The molecule has 0 aliphatic heterocycles. The SMILES string of the molecule is O=C([O-])CC(O)(CC(=O)[O-])C(=O)[O-].[H+].[H+].[V].c1cc[cH-]c1.c1cc[cH-]c1. The van der Waals surface area contributed by atoms with Gasteiger partial charge in [-0.05, 0) is 0 Å². The Morgan fingerprint density at radius 3 is 1.25 bits per heavy atom. The third-order valence-corrected chi connectivity index (χ3v) is 2.36. The maximum atomic E-state index is 10.1. The van der Waals surface area contributed by atoms with E-state index in [1.54, 1.807) is 0 Å². The molecular weight excluding hydrogens is 355 g/mol. The number of hydrogen-bond donors (Lipinski definition) is 1. The van der Waals surface area contributed by atoms with Crippen LogP contribution in [0.25, 0.3) is 0 Å². The van der Waals surface area contributed by atoms with Gasteiger partial charge in [0, 0.05) is 43.3 Å². The Hall–Kier alpha value is -2.35. The summed E-state index contributed by atoms with van der Waals surface area (Å²) in [5.41, 5.74) is -2.97. The zero-order valence-electron chi connectivity index (χ0n) is 14.5. The van der Waals surface area contributed by atoms with Crippen molar-refractivity contribution >= 4 is 17.9 Å². The molecule has 0 spiro atoms. The Morgan fingerprint density at radius 2 is 1.12 bits per heavy atom. The molecule has 131 valence electrons. The fraction of sp³-hybridized carbons (Fsp3) is 0.188. The fourth-order valence-corrected chi connectivity index (χ4v) is 1.33. The molecule has 1 N–H and O–H groups in total. The van der Waals surface area contributed by atoms with E-state index in [-0.39, 0.29) is 21.4 Å². The number of aliphatic hydroxyl groups is 1. The van der Waals surface area contributed by atoms with Crippen LogP contribution in [0.2, 0.25) is 0 Å². The van der Waals surface area contributed by atoms with Crippen molar-refractivity contribution in [3.63, 3.8) is 0 Å². The van der Waals surface area contributed by atoms with Crippen LogP contribution in [-0.4, -0.2) is 28.6 Å². The number of carboxylic acids is 3. The Morgan fingerprint density at radius 1 is 0.833 bits per heavy atom. The van der Waals surface area contributed by atoms with Gasteiger partial charge in [0.2, 0.25) is 0 Å². The van der Waals surface area contributed by atoms with Crippen molar-refractivity contribution in [2.24, 2.45) is 0 Å². The third-order valence-electron chi connectivity index (χ3n) is 2.36. The first kappa shape index (κ1) is 23.9. The Labute approximate surface area is 153 Å². The van der Waals surface area contributed by atoms with E-state index >= 15 is 0 Å². The minimum atomic E-state index is -2.97. The van der Waals surface area contributed by atoms with Crippen molar-refractivity contribution in [2.45, 2.75) is 18.4 Å². The van der Waals surface area contributed by atoms with Crippen LogP contribution in [-0.2, 0) is 32.9 Å². The standard InChI is InChI=1S/C6H8O7.2C5H5.V/c7-3(8)1-6(13,5(11)12)2-4(9)10;2*1-2-4-5-3-1;/h13H,1-2H2,(H,7,8)(H,9,10)(H,11,12);2*1-5H;/q;2*-1;/p-1. The van der Waals surface area contributed by atoms with Crippen LogP contribution in [0.4, 0.5) is 0 Å². The summed E-state index contributed by atoms with van der Waals surface area (Å²) in [6.07, 6.45) is -2.72. The van der Waals surface area contributed by atoms with Gasteiger partial charge in [-0.3, -0.25) is 0 Å². The normalized spacial score (nSPS) is 9.21. The second-order valence-corrected chi connectivity index (χ2v) is 4.34. The monoisotopic (exact) mass is 372 g/mol. The van der Waals surface area contributed by atoms with E-state index < -0.39 is 36.4 Å². The molecule has 24 heavy (non-hydrogen) atoms. The van der Waals surface area contributed by atoms with Crippen molar-refractivity contribution < 1.29 is 56.2 Å². The summed E-state index contributed by atoms with van der Waals surface area (Å²) in [5.74, 6) is -5.98. The van der Waals surface area contributed by atoms with E-state index in [0.29, 0.717) is 0 Å². The smallest absolute Gasteiger partial charge is 0.550 e. The van der Waals surface area contributed by atoms with Crippen molar-refractivity contribution in [2.75, 3.05) is 0 Å². The molecule has 2 rings (SSSR count). The summed E-state index contributed by atoms with van der Waals surface area (Å²) < 4.78 is 0. The number of carbonyl (C=O) groups excluding carboxylic acids is 3. The second-order valence-electron chi connectivity index (χ2n) is 4.34. The average Bonchev–Trinajstić information content (AvgIpc) is 3.16. The maximum Gasteiger partial charge on any atom is 1.00 e. The van der Waals surface area contributed by atoms with Gasteiger partial charge in [0.25, 0.3) is 0 Å². The van der Waals surface area contributed by atoms with Crippen LogP contribution in [0.3, 0.4) is 0 Å². The van der Waals surface area contributed by atoms with Gasteiger partial charge in [-0.1, -0.05) is 0 Å². The number of aliphatic carboxylic acids is 3. The van der Waals surface area contributed by atoms with Gasteiger partial charge < -0.3 is 34.8 Å². The summed E-state index contributed by atoms with van der Waals surface area (Å²) >= 11 is 0. The molecule has 0 aliphatic rings. The average molecular weight is 372 g/mol. The Balaban J connectivity index is -0.000000154. The maximum absolute atomic E-state index is 10.1. The molecule has 2 aromatic carbocycles. The van der Waals surface area contributed by atoms with E-state index in [0.717, 1.165) is 0 Å². The molecule has 0 atom stereocenters. The number of carboxylic acid groups (broad SMARTS) is 3. The van der Waals surface area contributed by atoms with Gasteiger partial charge in [-0.25, -0.2) is 24.3 Å². The largest absolute Gasteiger partial charge is 1.00 e. The summed E-state index contributed by atoms with van der Waals surface area (Å²) in [7, 11) is 0. The van der Waals surface area contributed by atoms with Crippen LogP contribution < -0.4 is 15.3 Å². The first-order valence-corrected chi connectivity index (χ1v) is 6.45. The Bertz CT molecular complexity index is 495. The fourth-order valence-electron chi connectivity index (χ4n) is 1.33. The molecule has 0 bridgehead atoms. The van der Waals surface area contributed by atoms with Crippen LogP contribution in [0, 0.1) is 0 Å². The van der Waals surface area contributed by atoms with Crippen LogP contribution in [0.5, 0.6) is 0 Å². The van der Waals surface area contributed by atoms with E-state index in [1.807, 2.05) is 60.7 Å². The first-order valence-electron chi connectivity index (χ1n) is 6.45. The number of rotatable bonds is 5. The zero-order valence-corrected chi connectivity index (χ0v) is 13.9. The summed E-state index contributed by atoms with van der Waals surface area (Å²) in [6, 6.07) is 20.0. The topological polar surface area (TPSA) is 141 Å². The summed E-state index contributed by atoms with van der Waals surface area (Å²) in [4.78, 5) is 30.0. The van der Waals surface area contributed by atoms with Gasteiger partial charge in [0.15, 0.2) is 0 Å². The third kappa shape index (κ3) is 12.2. The molecule has 0 saturated carbocycles. The quantitative estimate of drug-likeness (QED) is 0.586. The van der Waals surface area contributed by atoms with Gasteiger partial charge in [-0.2, -0.15) is 36.4 Å². The van der Waals surface area contributed by atoms with Gasteiger partial charge in [0.1, 0.15) is 5.60 Å². The molecule has 0 unspecified atom stereocenters. The number of carbonyl (C=O) groups is 3. The molecule has 0 aliphatic carbocycles. The summed E-state index contributed by atoms with van der Waals surface area (Å²) in [5, 5.41) is 38.9. The van der Waals surface area contributed by atoms with Crippen molar-refractivity contribution in [1.82, 2.24) is 0 Å². The molecule has 1 radical (unpaired) electrons. The Kier molecular flexibility index (Phi) is 13.1. The van der Waals surface area contributed by atoms with Crippen molar-refractivity contribution in [1.29, 1.82) is 0 Å². The second kappa shape index (κ2) is 13.1. The van der Waals surface area contributed by atoms with E-state index in [4.69, 9.17) is 5.11 Å². The predicted molar refractivity (Wildman–Crippen MR) is 75.5 cm³/mol. The molecular formula is C16H17O7V-3. The molecule has 0 heterocycles. The van der Waals surface area contributed by atoms with E-state index in [1.165, 1.54) is 0 Å². The molecule has 0 saturated heterocycles. The summed E-state index contributed by atoms with van der Waals surface area (Å²) in [6.45, 7) is 0. The van der Waals surface area contributed by atoms with Gasteiger partial charge in [0.05, 0.1) is 5.97 Å². The van der Waals surface area contributed by atoms with Gasteiger partial charge in [-0.15, -0.1) is 0 Å². The molecule has 0 amide bonds. The minimum absolute atomic E-state index is 0. The van der Waals surface area contributed by atoms with Crippen molar-refractivity contribution in [3.8, 4) is 0 Å². The van der Waals surface area contributed by atoms with Crippen LogP contribution in [0.15, 0.2) is 60.7 Å². The predicted octanol–water partition coefficient (Wildman–Crippen LogP) is -2.22. The first-order chi connectivity index (χ1) is 10.8. The molecule has 8 heteroatoms. The molecule has 0 aromatic heterocycles. The minimum Gasteiger partial charge on any atom is -0.550 e. The zero-order chi connectivity index (χ0) is 17.7. The van der Waals surface area contributed by atoms with E-state index in [9.17, 15) is 29.7 Å². The molecule has 7 nitrogen and oxygen atoms in total. The molecule has 2 aromatic rings. The van der Waals surface area contributed by atoms with E-state index in [2.05, 4.69) is 0 Å². The van der Waals surface area contributed by atoms with Crippen molar-refractivity contribution in [3.05, 3.63) is 60.7 Å². The number of hydrogen-bond acceptors (Lipinski definition) is 7. The van der Waals surface area contributed by atoms with Crippen LogP contribution in [0.1, 0.15) is 15.7 Å².